The van der Waals surface area contributed by atoms with E-state index >= 15 is 0 Å². The summed E-state index contributed by atoms with van der Waals surface area (Å²) in [6.45, 7) is 4.42. The van der Waals surface area contributed by atoms with Crippen LogP contribution in [0.5, 0.6) is 5.75 Å². The van der Waals surface area contributed by atoms with Gasteiger partial charge in [0.2, 0.25) is 0 Å². The van der Waals surface area contributed by atoms with Crippen LogP contribution in [0, 0.1) is 17.8 Å². The van der Waals surface area contributed by atoms with Gasteiger partial charge >= 0.3 is 0 Å². The van der Waals surface area contributed by atoms with Crippen LogP contribution in [0.3, 0.4) is 0 Å². The number of anilines is 1. The SMILES string of the molecule is C#CCC.CC=N.Nc1ccc(OC2=CCNC=C2)cc1. The minimum absolute atomic E-state index is 0.743. The molecule has 0 bridgehead atoms. The second kappa shape index (κ2) is 12.4. The van der Waals surface area contributed by atoms with Gasteiger partial charge in [-0.2, -0.15) is 0 Å². The number of allylic oxidation sites excluding steroid dienone is 1. The number of rotatable bonds is 2. The molecule has 1 aliphatic rings. The average Bonchev–Trinajstić information content (AvgIpc) is 2.52. The Morgan fingerprint density at radius 2 is 2.00 bits per heavy atom. The van der Waals surface area contributed by atoms with Crippen molar-refractivity contribution in [3.05, 3.63) is 48.4 Å². The summed E-state index contributed by atoms with van der Waals surface area (Å²) in [5, 5.41) is 9.14. The Labute approximate surface area is 127 Å². The molecule has 4 heteroatoms. The Morgan fingerprint density at radius 1 is 1.43 bits per heavy atom. The molecule has 0 saturated carbocycles. The Kier molecular flexibility index (Phi) is 10.8. The maximum Gasteiger partial charge on any atom is 0.127 e. The van der Waals surface area contributed by atoms with E-state index in [0.717, 1.165) is 30.2 Å². The predicted octanol–water partition coefficient (Wildman–Crippen LogP) is 3.33. The molecule has 4 nitrogen and oxygen atoms in total. The van der Waals surface area contributed by atoms with Crippen LogP contribution >= 0.6 is 0 Å². The summed E-state index contributed by atoms with van der Waals surface area (Å²) in [5.74, 6) is 4.09. The molecule has 0 amide bonds. The Bertz CT molecular complexity index is 496. The highest BCUT2D eigenvalue weighted by Gasteiger charge is 1.99. The molecule has 1 aromatic rings. The van der Waals surface area contributed by atoms with Crippen molar-refractivity contribution in [2.24, 2.45) is 0 Å². The molecule has 0 unspecified atom stereocenters. The molecule has 4 N–H and O–H groups in total. The highest BCUT2D eigenvalue weighted by atomic mass is 16.5. The summed E-state index contributed by atoms with van der Waals surface area (Å²) in [4.78, 5) is 0. The minimum Gasteiger partial charge on any atom is -0.458 e. The molecule has 0 aromatic heterocycles. The molecular weight excluding hydrogens is 262 g/mol. The number of nitrogen functional groups attached to an aromatic ring is 1. The van der Waals surface area contributed by atoms with Crippen LogP contribution in [0.25, 0.3) is 0 Å². The summed E-state index contributed by atoms with van der Waals surface area (Å²) in [7, 11) is 0. The molecule has 0 fully saturated rings. The van der Waals surface area contributed by atoms with Gasteiger partial charge in [-0.15, -0.1) is 12.3 Å². The van der Waals surface area contributed by atoms with E-state index in [4.69, 9.17) is 22.3 Å². The van der Waals surface area contributed by atoms with Gasteiger partial charge < -0.3 is 21.2 Å². The third kappa shape index (κ3) is 9.85. The Morgan fingerprint density at radius 3 is 2.43 bits per heavy atom. The second-order valence-corrected chi connectivity index (χ2v) is 3.87. The van der Waals surface area contributed by atoms with Gasteiger partial charge in [0.15, 0.2) is 0 Å². The number of nitrogens with two attached hydrogens (primary N) is 1. The molecule has 0 spiro atoms. The molecule has 21 heavy (non-hydrogen) atoms. The van der Waals surface area contributed by atoms with Crippen molar-refractivity contribution >= 4 is 11.9 Å². The van der Waals surface area contributed by atoms with Crippen molar-refractivity contribution in [3.8, 4) is 18.1 Å². The summed E-state index contributed by atoms with van der Waals surface area (Å²) < 4.78 is 5.59. The molecule has 0 aliphatic carbocycles. The van der Waals surface area contributed by atoms with Crippen molar-refractivity contribution in [1.29, 1.82) is 5.41 Å². The highest BCUT2D eigenvalue weighted by Crippen LogP contribution is 2.16. The fourth-order valence-electron chi connectivity index (χ4n) is 1.18. The fraction of sp³-hybridized carbons (Fsp3) is 0.235. The van der Waals surface area contributed by atoms with Gasteiger partial charge in [-0.1, -0.05) is 6.92 Å². The van der Waals surface area contributed by atoms with Crippen LogP contribution in [-0.4, -0.2) is 12.8 Å². The fourth-order valence-corrected chi connectivity index (χ4v) is 1.18. The summed E-state index contributed by atoms with van der Waals surface area (Å²) in [5.41, 5.74) is 6.31. The topological polar surface area (TPSA) is 71.1 Å². The van der Waals surface area contributed by atoms with E-state index in [9.17, 15) is 0 Å². The summed E-state index contributed by atoms with van der Waals surface area (Å²) in [6, 6.07) is 7.35. The normalized spacial score (nSPS) is 11.2. The zero-order valence-corrected chi connectivity index (χ0v) is 12.6. The summed E-state index contributed by atoms with van der Waals surface area (Å²) in [6.07, 6.45) is 12.6. The number of terminal acetylenes is 1. The first-order valence-electron chi connectivity index (χ1n) is 6.69. The zero-order valence-electron chi connectivity index (χ0n) is 12.6. The van der Waals surface area contributed by atoms with E-state index in [1.165, 1.54) is 6.21 Å². The van der Waals surface area contributed by atoms with Crippen LogP contribution in [0.1, 0.15) is 20.3 Å². The highest BCUT2D eigenvalue weighted by molar-refractivity contribution is 5.48. The monoisotopic (exact) mass is 285 g/mol. The van der Waals surface area contributed by atoms with E-state index in [1.807, 2.05) is 49.5 Å². The lowest BCUT2D eigenvalue weighted by Gasteiger charge is -2.10. The first kappa shape index (κ1) is 18.3. The molecule has 1 heterocycles. The number of nitrogens with one attached hydrogen (secondary N) is 2. The van der Waals surface area contributed by atoms with Crippen molar-refractivity contribution in [1.82, 2.24) is 5.32 Å². The number of ether oxygens (including phenoxy) is 1. The third-order valence-electron chi connectivity index (χ3n) is 2.11. The number of dihydropyridines is 1. The van der Waals surface area contributed by atoms with Crippen molar-refractivity contribution < 1.29 is 4.74 Å². The molecule has 1 aromatic carbocycles. The van der Waals surface area contributed by atoms with Crippen molar-refractivity contribution in [2.75, 3.05) is 12.3 Å². The first-order chi connectivity index (χ1) is 10.2. The largest absolute Gasteiger partial charge is 0.458 e. The molecule has 112 valence electrons. The molecule has 0 saturated heterocycles. The van der Waals surface area contributed by atoms with Gasteiger partial charge in [0.1, 0.15) is 11.5 Å². The van der Waals surface area contributed by atoms with Gasteiger partial charge in [-0.3, -0.25) is 0 Å². The Hall–Kier alpha value is -2.67. The molecule has 2 rings (SSSR count). The van der Waals surface area contributed by atoms with Gasteiger partial charge in [0, 0.05) is 24.9 Å². The molecular formula is C17H23N3O. The smallest absolute Gasteiger partial charge is 0.127 e. The van der Waals surface area contributed by atoms with Gasteiger partial charge in [0.25, 0.3) is 0 Å². The van der Waals surface area contributed by atoms with E-state index in [0.29, 0.717) is 0 Å². The van der Waals surface area contributed by atoms with Crippen LogP contribution < -0.4 is 15.8 Å². The number of hydrogen-bond donors (Lipinski definition) is 3. The van der Waals surface area contributed by atoms with E-state index in [2.05, 4.69) is 11.2 Å². The van der Waals surface area contributed by atoms with Crippen molar-refractivity contribution in [2.45, 2.75) is 20.3 Å². The van der Waals surface area contributed by atoms with Crippen LogP contribution in [0.2, 0.25) is 0 Å². The Balaban J connectivity index is 0.000000486. The molecule has 0 radical (unpaired) electrons. The van der Waals surface area contributed by atoms with E-state index < -0.39 is 0 Å². The summed E-state index contributed by atoms with van der Waals surface area (Å²) >= 11 is 0. The number of hydrogen-bond acceptors (Lipinski definition) is 4. The quantitative estimate of drug-likeness (QED) is 0.443. The zero-order chi connectivity index (χ0) is 15.9. The van der Waals surface area contributed by atoms with Gasteiger partial charge in [-0.25, -0.2) is 0 Å². The molecule has 1 aliphatic heterocycles. The molecule has 0 atom stereocenters. The first-order valence-corrected chi connectivity index (χ1v) is 6.69. The third-order valence-corrected chi connectivity index (χ3v) is 2.11. The van der Waals surface area contributed by atoms with Crippen LogP contribution in [-0.2, 0) is 0 Å². The van der Waals surface area contributed by atoms with E-state index in [-0.39, 0.29) is 0 Å². The lowest BCUT2D eigenvalue weighted by atomic mass is 10.3. The number of benzene rings is 1. The second-order valence-electron chi connectivity index (χ2n) is 3.87. The predicted molar refractivity (Wildman–Crippen MR) is 90.3 cm³/mol. The maximum atomic E-state index is 6.08. The van der Waals surface area contributed by atoms with Gasteiger partial charge in [0.05, 0.1) is 0 Å². The minimum atomic E-state index is 0.743. The van der Waals surface area contributed by atoms with Crippen molar-refractivity contribution in [3.63, 3.8) is 0 Å². The van der Waals surface area contributed by atoms with Gasteiger partial charge in [-0.05, 0) is 49.6 Å². The lowest BCUT2D eigenvalue weighted by molar-refractivity contribution is 0.439. The maximum absolute atomic E-state index is 6.08. The average molecular weight is 285 g/mol. The lowest BCUT2D eigenvalue weighted by Crippen LogP contribution is -2.10. The standard InChI is InChI=1S/C11H12N2O.C4H6.C2H5N/c12-9-1-3-10(4-2-9)14-11-5-7-13-8-6-11;1-3-4-2;1-2-3/h1-7,13H,8,12H2;1H,4H2,2H3;2-3H,1H3. The van der Waals surface area contributed by atoms with Crippen LogP contribution in [0.4, 0.5) is 5.69 Å². The van der Waals surface area contributed by atoms with Crippen LogP contribution in [0.15, 0.2) is 48.4 Å². The van der Waals surface area contributed by atoms with E-state index in [1.54, 1.807) is 6.92 Å².